The number of guanidine groups is 2. The maximum Gasteiger partial charge on any atom is 0.323 e. The summed E-state index contributed by atoms with van der Waals surface area (Å²) in [6, 6.07) is 4.30. The van der Waals surface area contributed by atoms with Gasteiger partial charge in [0.25, 0.3) is 0 Å². The average molecular weight is 440 g/mol. The van der Waals surface area contributed by atoms with Crippen LogP contribution in [0.15, 0.2) is 28.2 Å². The molecule has 0 radical (unpaired) electrons. The summed E-state index contributed by atoms with van der Waals surface area (Å²) in [5, 5.41) is 5.61. The third-order valence-corrected chi connectivity index (χ3v) is 4.92. The van der Waals surface area contributed by atoms with Crippen LogP contribution in [0.3, 0.4) is 0 Å². The molecule has 10 heteroatoms. The second-order valence-electron chi connectivity index (χ2n) is 6.68. The second-order valence-corrected chi connectivity index (χ2v) is 7.49. The van der Waals surface area contributed by atoms with E-state index in [4.69, 9.17) is 23.2 Å². The number of nitrogens with zero attached hydrogens (tertiary/aromatic N) is 3. The van der Waals surface area contributed by atoms with Gasteiger partial charge in [-0.2, -0.15) is 4.99 Å². The fraction of sp³-hybridized carbons (Fsp3) is 0.421. The highest BCUT2D eigenvalue weighted by Crippen LogP contribution is 2.28. The van der Waals surface area contributed by atoms with Crippen LogP contribution in [0.4, 0.5) is 5.69 Å². The number of carbonyl (C=O) groups is 3. The first kappa shape index (κ1) is 22.8. The number of hydrogen-bond donors (Lipinski definition) is 2. The monoisotopic (exact) mass is 439 g/mol. The topological polar surface area (TPSA) is 103 Å². The van der Waals surface area contributed by atoms with E-state index >= 15 is 0 Å². The van der Waals surface area contributed by atoms with Gasteiger partial charge in [0.05, 0.1) is 15.7 Å². The van der Waals surface area contributed by atoms with Crippen molar-refractivity contribution in [3.8, 4) is 0 Å². The summed E-state index contributed by atoms with van der Waals surface area (Å²) in [6.07, 6.45) is 1.33. The van der Waals surface area contributed by atoms with E-state index in [1.165, 1.54) is 18.2 Å². The molecule has 8 nitrogen and oxygen atoms in total. The van der Waals surface area contributed by atoms with Gasteiger partial charge in [0.1, 0.15) is 0 Å². The summed E-state index contributed by atoms with van der Waals surface area (Å²) < 4.78 is 0. The standard InChI is InChI=1S/C19H23Cl2N5O3/c1-5-11(6-2)15(27)23-18(22-10(3)4)25-19-24-16(28)17(29)26(19)12-7-8-13(20)14(21)9-12/h7-11H,5-6H2,1-4H3,(H2,22,23,24,25,27,28). The fourth-order valence-electron chi connectivity index (χ4n) is 2.66. The molecular formula is C19H23Cl2N5O3. The zero-order chi connectivity index (χ0) is 21.7. The number of aliphatic imine (C=N–C) groups is 2. The number of carbonyl (C=O) groups excluding carboxylic acids is 3. The molecule has 2 N–H and O–H groups in total. The lowest BCUT2D eigenvalue weighted by atomic mass is 10.0. The van der Waals surface area contributed by atoms with Crippen molar-refractivity contribution in [2.75, 3.05) is 4.90 Å². The summed E-state index contributed by atoms with van der Waals surface area (Å²) in [7, 11) is 0. The van der Waals surface area contributed by atoms with Crippen molar-refractivity contribution in [2.24, 2.45) is 15.9 Å². The van der Waals surface area contributed by atoms with Gasteiger partial charge >= 0.3 is 11.8 Å². The minimum atomic E-state index is -0.856. The molecule has 0 aromatic heterocycles. The third kappa shape index (κ3) is 5.55. The molecule has 0 atom stereocenters. The highest BCUT2D eigenvalue weighted by Gasteiger charge is 2.37. The fourth-order valence-corrected chi connectivity index (χ4v) is 2.95. The molecular weight excluding hydrogens is 417 g/mol. The van der Waals surface area contributed by atoms with Crippen molar-refractivity contribution in [1.29, 1.82) is 0 Å². The summed E-state index contributed by atoms with van der Waals surface area (Å²) in [4.78, 5) is 46.4. The molecule has 1 aliphatic heterocycles. The molecule has 1 aromatic carbocycles. The van der Waals surface area contributed by atoms with Crippen molar-refractivity contribution in [3.63, 3.8) is 0 Å². The van der Waals surface area contributed by atoms with Crippen molar-refractivity contribution in [3.05, 3.63) is 28.2 Å². The Morgan fingerprint density at radius 3 is 2.38 bits per heavy atom. The number of hydrogen-bond acceptors (Lipinski definition) is 4. The Bertz CT molecular complexity index is 879. The Morgan fingerprint density at radius 1 is 1.17 bits per heavy atom. The van der Waals surface area contributed by atoms with E-state index in [-0.39, 0.29) is 34.8 Å². The zero-order valence-electron chi connectivity index (χ0n) is 16.6. The van der Waals surface area contributed by atoms with E-state index in [0.717, 1.165) is 4.90 Å². The van der Waals surface area contributed by atoms with Crippen LogP contribution in [0, 0.1) is 5.92 Å². The molecule has 0 unspecified atom stereocenters. The van der Waals surface area contributed by atoms with Gasteiger partial charge in [-0.3, -0.25) is 25.0 Å². The van der Waals surface area contributed by atoms with Gasteiger partial charge in [0, 0.05) is 12.0 Å². The predicted molar refractivity (Wildman–Crippen MR) is 114 cm³/mol. The van der Waals surface area contributed by atoms with E-state index in [9.17, 15) is 14.4 Å². The summed E-state index contributed by atoms with van der Waals surface area (Å²) in [6.45, 7) is 7.47. The van der Waals surface area contributed by atoms with Crippen molar-refractivity contribution in [1.82, 2.24) is 10.6 Å². The molecule has 1 aliphatic rings. The van der Waals surface area contributed by atoms with Gasteiger partial charge in [-0.05, 0) is 44.9 Å². The molecule has 156 valence electrons. The van der Waals surface area contributed by atoms with E-state index in [1.54, 1.807) is 0 Å². The number of anilines is 1. The van der Waals surface area contributed by atoms with E-state index in [0.29, 0.717) is 23.6 Å². The smallest absolute Gasteiger partial charge is 0.294 e. The Hall–Kier alpha value is -2.45. The zero-order valence-corrected chi connectivity index (χ0v) is 18.1. The molecule has 1 fully saturated rings. The van der Waals surface area contributed by atoms with Crippen LogP contribution in [-0.4, -0.2) is 35.7 Å². The quantitative estimate of drug-likeness (QED) is 0.418. The first-order chi connectivity index (χ1) is 13.7. The summed E-state index contributed by atoms with van der Waals surface area (Å²) >= 11 is 12.0. The number of rotatable bonds is 5. The van der Waals surface area contributed by atoms with Crippen LogP contribution >= 0.6 is 23.2 Å². The summed E-state index contributed by atoms with van der Waals surface area (Å²) in [5.74, 6) is -2.19. The molecule has 1 aromatic rings. The number of nitrogens with one attached hydrogen (secondary N) is 2. The SMILES string of the molecule is CCC(CC)C(=O)NC(=NC(C)C)N=C1NC(=O)C(=O)N1c1ccc(Cl)c(Cl)c1. The molecule has 0 bridgehead atoms. The number of halogens is 2. The third-order valence-electron chi connectivity index (χ3n) is 4.18. The van der Waals surface area contributed by atoms with E-state index in [2.05, 4.69) is 20.6 Å². The summed E-state index contributed by atoms with van der Waals surface area (Å²) in [5.41, 5.74) is 0.303. The first-order valence-electron chi connectivity index (χ1n) is 9.25. The lowest BCUT2D eigenvalue weighted by Crippen LogP contribution is -2.39. The second kappa shape index (κ2) is 9.84. The van der Waals surface area contributed by atoms with Crippen LogP contribution < -0.4 is 15.5 Å². The number of amides is 3. The van der Waals surface area contributed by atoms with Crippen LogP contribution in [-0.2, 0) is 14.4 Å². The Morgan fingerprint density at radius 2 is 1.83 bits per heavy atom. The van der Waals surface area contributed by atoms with Crippen LogP contribution in [0.1, 0.15) is 40.5 Å². The molecule has 1 heterocycles. The van der Waals surface area contributed by atoms with Crippen molar-refractivity contribution < 1.29 is 14.4 Å². The van der Waals surface area contributed by atoms with Crippen molar-refractivity contribution in [2.45, 2.75) is 46.6 Å². The molecule has 0 spiro atoms. The Balaban J connectivity index is 2.44. The van der Waals surface area contributed by atoms with Gasteiger partial charge in [0.2, 0.25) is 17.8 Å². The predicted octanol–water partition coefficient (Wildman–Crippen LogP) is 3.13. The highest BCUT2D eigenvalue weighted by molar-refractivity contribution is 6.54. The molecule has 3 amide bonds. The lowest BCUT2D eigenvalue weighted by Gasteiger charge is -2.17. The molecule has 0 saturated carbocycles. The van der Waals surface area contributed by atoms with Gasteiger partial charge < -0.3 is 0 Å². The van der Waals surface area contributed by atoms with Crippen LogP contribution in [0.25, 0.3) is 0 Å². The van der Waals surface area contributed by atoms with Gasteiger partial charge in [-0.1, -0.05) is 37.0 Å². The maximum absolute atomic E-state index is 12.5. The highest BCUT2D eigenvalue weighted by atomic mass is 35.5. The van der Waals surface area contributed by atoms with Gasteiger partial charge in [-0.15, -0.1) is 0 Å². The number of benzene rings is 1. The van der Waals surface area contributed by atoms with Crippen molar-refractivity contribution >= 4 is 58.5 Å². The van der Waals surface area contributed by atoms with E-state index in [1.807, 2.05) is 27.7 Å². The largest absolute Gasteiger partial charge is 0.323 e. The maximum atomic E-state index is 12.5. The van der Waals surface area contributed by atoms with Crippen LogP contribution in [0.5, 0.6) is 0 Å². The normalized spacial score (nSPS) is 16.2. The van der Waals surface area contributed by atoms with E-state index < -0.39 is 11.8 Å². The van der Waals surface area contributed by atoms with Gasteiger partial charge in [-0.25, -0.2) is 9.89 Å². The molecule has 2 rings (SSSR count). The van der Waals surface area contributed by atoms with Gasteiger partial charge in [0.15, 0.2) is 0 Å². The lowest BCUT2D eigenvalue weighted by molar-refractivity contribution is -0.134. The minimum absolute atomic E-state index is 0.00644. The van der Waals surface area contributed by atoms with Crippen LogP contribution in [0.2, 0.25) is 10.0 Å². The molecule has 1 saturated heterocycles. The Kier molecular flexibility index (Phi) is 7.75. The first-order valence-corrected chi connectivity index (χ1v) is 10.0. The minimum Gasteiger partial charge on any atom is -0.294 e. The molecule has 29 heavy (non-hydrogen) atoms. The molecule has 0 aliphatic carbocycles. The average Bonchev–Trinajstić information content (AvgIpc) is 2.91. The Labute approximate surface area is 179 Å².